The van der Waals surface area contributed by atoms with Gasteiger partial charge in [0.15, 0.2) is 0 Å². The zero-order chi connectivity index (χ0) is 20.4. The summed E-state index contributed by atoms with van der Waals surface area (Å²) in [7, 11) is 0. The first-order valence-corrected chi connectivity index (χ1v) is 10.6. The molecule has 5 nitrogen and oxygen atoms in total. The highest BCUT2D eigenvalue weighted by atomic mass is 35.5. The van der Waals surface area contributed by atoms with E-state index < -0.39 is 5.91 Å². The summed E-state index contributed by atoms with van der Waals surface area (Å²) in [6.45, 7) is 1.75. The summed E-state index contributed by atoms with van der Waals surface area (Å²) in [4.78, 5) is 13.3. The summed E-state index contributed by atoms with van der Waals surface area (Å²) >= 11 is 19.8. The Balaban J connectivity index is 1.79. The second-order valence-electron chi connectivity index (χ2n) is 5.62. The molecule has 0 radical (unpaired) electrons. The molecule has 4 N–H and O–H groups in total. The molecule has 0 bridgehead atoms. The van der Waals surface area contributed by atoms with E-state index in [9.17, 15) is 9.90 Å². The van der Waals surface area contributed by atoms with E-state index in [-0.39, 0.29) is 5.75 Å². The van der Waals surface area contributed by atoms with Crippen molar-refractivity contribution in [1.29, 1.82) is 0 Å². The number of hydrogen-bond acceptors (Lipinski definition) is 6. The number of hydrazone groups is 1. The average Bonchev–Trinajstić information content (AvgIpc) is 3.29. The third kappa shape index (κ3) is 4.37. The van der Waals surface area contributed by atoms with Crippen LogP contribution in [0.25, 0.3) is 10.4 Å². The van der Waals surface area contributed by atoms with Crippen molar-refractivity contribution in [1.82, 2.24) is 5.43 Å². The summed E-state index contributed by atoms with van der Waals surface area (Å²) in [5, 5.41) is 17.5. The van der Waals surface area contributed by atoms with Crippen LogP contribution in [0.5, 0.6) is 5.75 Å². The van der Waals surface area contributed by atoms with Gasteiger partial charge in [0.25, 0.3) is 5.91 Å². The lowest BCUT2D eigenvalue weighted by Gasteiger charge is -2.04. The first-order valence-electron chi connectivity index (χ1n) is 7.78. The summed E-state index contributed by atoms with van der Waals surface area (Å²) in [6, 6.07) is 8.49. The van der Waals surface area contributed by atoms with Crippen LogP contribution >= 0.6 is 58.1 Å². The number of nitrogens with zero attached hydrogens (tertiary/aromatic N) is 1. The molecule has 2 aromatic heterocycles. The molecule has 0 aliphatic heterocycles. The number of halogens is 2. The van der Waals surface area contributed by atoms with E-state index in [0.717, 1.165) is 5.56 Å². The molecule has 0 unspecified atom stereocenters. The lowest BCUT2D eigenvalue weighted by molar-refractivity contribution is 0.100. The lowest BCUT2D eigenvalue weighted by Crippen LogP contribution is -2.17. The fourth-order valence-corrected chi connectivity index (χ4v) is 4.58. The Morgan fingerprint density at radius 3 is 2.57 bits per heavy atom. The molecule has 1 aromatic carbocycles. The van der Waals surface area contributed by atoms with E-state index in [2.05, 4.69) is 10.5 Å². The van der Waals surface area contributed by atoms with Gasteiger partial charge in [0.1, 0.15) is 10.7 Å². The van der Waals surface area contributed by atoms with E-state index in [4.69, 9.17) is 41.2 Å². The lowest BCUT2D eigenvalue weighted by atomic mass is 10.1. The molecule has 10 heteroatoms. The molecule has 0 aliphatic carbocycles. The van der Waals surface area contributed by atoms with E-state index in [1.54, 1.807) is 42.6 Å². The molecule has 0 saturated carbocycles. The van der Waals surface area contributed by atoms with Crippen molar-refractivity contribution in [2.45, 2.75) is 6.92 Å². The number of benzene rings is 1. The summed E-state index contributed by atoms with van der Waals surface area (Å²) in [5.74, 6) is -0.402. The molecular weight excluding hydrogens is 457 g/mol. The van der Waals surface area contributed by atoms with Crippen molar-refractivity contribution in [2.75, 3.05) is 0 Å². The minimum Gasteiger partial charge on any atom is -0.506 e. The number of primary amides is 1. The predicted molar refractivity (Wildman–Crippen MR) is 121 cm³/mol. The van der Waals surface area contributed by atoms with Crippen LogP contribution in [-0.2, 0) is 0 Å². The van der Waals surface area contributed by atoms with Crippen molar-refractivity contribution in [2.24, 2.45) is 10.8 Å². The number of nitrogens with two attached hydrogens (primary N) is 1. The zero-order valence-electron chi connectivity index (χ0n) is 14.3. The molecule has 0 fully saturated rings. The first kappa shape index (κ1) is 20.8. The number of amides is 1. The predicted octanol–water partition coefficient (Wildman–Crippen LogP) is 5.28. The Morgan fingerprint density at radius 2 is 1.93 bits per heavy atom. The summed E-state index contributed by atoms with van der Waals surface area (Å²) in [5.41, 5.74) is 9.91. The quantitative estimate of drug-likeness (QED) is 0.269. The van der Waals surface area contributed by atoms with Crippen LogP contribution in [0.1, 0.15) is 27.0 Å². The Kier molecular flexibility index (Phi) is 6.36. The second-order valence-corrected chi connectivity index (χ2v) is 8.81. The van der Waals surface area contributed by atoms with Crippen LogP contribution in [-0.4, -0.2) is 21.7 Å². The summed E-state index contributed by atoms with van der Waals surface area (Å²) in [6.07, 6.45) is 0. The van der Waals surface area contributed by atoms with Crippen LogP contribution in [0.3, 0.4) is 0 Å². The van der Waals surface area contributed by atoms with Crippen LogP contribution in [0.2, 0.25) is 10.0 Å². The number of rotatable bonds is 5. The number of nitrogens with one attached hydrogen (secondary N) is 1. The van der Waals surface area contributed by atoms with E-state index in [1.165, 1.54) is 22.7 Å². The number of carbonyl (C=O) groups excluding carboxylic acids is 1. The van der Waals surface area contributed by atoms with Crippen LogP contribution in [0.4, 0.5) is 0 Å². The highest BCUT2D eigenvalue weighted by Crippen LogP contribution is 2.40. The number of hydrogen-bond donors (Lipinski definition) is 3. The highest BCUT2D eigenvalue weighted by Gasteiger charge is 2.16. The van der Waals surface area contributed by atoms with Crippen LogP contribution in [0.15, 0.2) is 40.8 Å². The number of aromatic hydroxyl groups is 1. The molecule has 0 spiro atoms. The van der Waals surface area contributed by atoms with Crippen molar-refractivity contribution in [3.63, 3.8) is 0 Å². The number of carbonyl (C=O) groups is 1. The fraction of sp³-hybridized carbons (Fsp3) is 0.0556. The maximum atomic E-state index is 11.2. The molecule has 0 aliphatic rings. The van der Waals surface area contributed by atoms with Gasteiger partial charge >= 0.3 is 0 Å². The number of thiocarbonyl (C=S) groups is 1. The normalized spacial score (nSPS) is 11.5. The standard InChI is InChI=1S/C18H13Cl2N3O2S3/c1-8(22-23-18(26)14-5-4-13(28-14)17(21)25)10-7-27-16(15(10)24)9-2-3-11(19)12(20)6-9/h2-7,24H,1H3,(H2,21,25)(H,23,26). The van der Waals surface area contributed by atoms with Crippen molar-refractivity contribution >= 4 is 74.7 Å². The van der Waals surface area contributed by atoms with E-state index in [0.29, 0.717) is 40.9 Å². The van der Waals surface area contributed by atoms with Gasteiger partial charge in [-0.1, -0.05) is 41.5 Å². The number of thiophene rings is 2. The van der Waals surface area contributed by atoms with Gasteiger partial charge in [-0.05, 0) is 36.8 Å². The molecule has 3 aromatic rings. The molecule has 0 atom stereocenters. The molecule has 3 rings (SSSR count). The maximum absolute atomic E-state index is 11.2. The molecule has 2 heterocycles. The Labute approximate surface area is 184 Å². The average molecular weight is 470 g/mol. The highest BCUT2D eigenvalue weighted by molar-refractivity contribution is 7.81. The minimum absolute atomic E-state index is 0.101. The fourth-order valence-electron chi connectivity index (χ4n) is 2.29. The molecule has 0 saturated heterocycles. The first-order chi connectivity index (χ1) is 13.3. The molecule has 28 heavy (non-hydrogen) atoms. The summed E-state index contributed by atoms with van der Waals surface area (Å²) < 4.78 is 0. The largest absolute Gasteiger partial charge is 0.506 e. The SMILES string of the molecule is CC(=NNC(=S)c1ccc(C(N)=O)s1)c1csc(-c2ccc(Cl)c(Cl)c2)c1O. The van der Waals surface area contributed by atoms with Gasteiger partial charge < -0.3 is 10.8 Å². The van der Waals surface area contributed by atoms with Gasteiger partial charge in [0.05, 0.1) is 36.0 Å². The Hall–Kier alpha value is -1.97. The Morgan fingerprint density at radius 1 is 1.21 bits per heavy atom. The monoisotopic (exact) mass is 469 g/mol. The third-order valence-electron chi connectivity index (χ3n) is 3.73. The van der Waals surface area contributed by atoms with E-state index >= 15 is 0 Å². The maximum Gasteiger partial charge on any atom is 0.258 e. The van der Waals surface area contributed by atoms with Crippen molar-refractivity contribution in [3.05, 3.63) is 61.1 Å². The smallest absolute Gasteiger partial charge is 0.258 e. The van der Waals surface area contributed by atoms with Crippen LogP contribution in [0, 0.1) is 0 Å². The van der Waals surface area contributed by atoms with Gasteiger partial charge in [0.2, 0.25) is 0 Å². The minimum atomic E-state index is -0.503. The third-order valence-corrected chi connectivity index (χ3v) is 7.05. The topological polar surface area (TPSA) is 87.7 Å². The Bertz CT molecular complexity index is 1110. The van der Waals surface area contributed by atoms with Gasteiger partial charge in [-0.2, -0.15) is 5.10 Å². The van der Waals surface area contributed by atoms with Crippen molar-refractivity contribution in [3.8, 4) is 16.2 Å². The van der Waals surface area contributed by atoms with Gasteiger partial charge in [-0.15, -0.1) is 22.7 Å². The van der Waals surface area contributed by atoms with Gasteiger partial charge in [-0.25, -0.2) is 0 Å². The van der Waals surface area contributed by atoms with E-state index in [1.807, 2.05) is 0 Å². The molecule has 1 amide bonds. The molecular formula is C18H13Cl2N3O2S3. The van der Waals surface area contributed by atoms with Gasteiger partial charge in [0, 0.05) is 5.38 Å². The second kappa shape index (κ2) is 8.59. The van der Waals surface area contributed by atoms with Crippen molar-refractivity contribution < 1.29 is 9.90 Å². The zero-order valence-corrected chi connectivity index (χ0v) is 18.3. The molecule has 144 valence electrons. The van der Waals surface area contributed by atoms with Gasteiger partial charge in [-0.3, -0.25) is 10.2 Å². The van der Waals surface area contributed by atoms with Crippen LogP contribution < -0.4 is 11.2 Å².